The number of thiazole rings is 1. The summed E-state index contributed by atoms with van der Waals surface area (Å²) in [5.41, 5.74) is -6.55. The van der Waals surface area contributed by atoms with Gasteiger partial charge < -0.3 is 18.9 Å². The lowest BCUT2D eigenvalue weighted by atomic mass is 9.87. The molecule has 0 atom stereocenters. The average Bonchev–Trinajstić information content (AvgIpc) is 3.48. The molecule has 1 saturated heterocycles. The Morgan fingerprint density at radius 1 is 1.24 bits per heavy atom. The number of hydrogen-bond donors (Lipinski definition) is 1. The zero-order valence-corrected chi connectivity index (χ0v) is 20.3. The number of alkyl halides is 3. The van der Waals surface area contributed by atoms with Crippen LogP contribution in [0.4, 0.5) is 18.3 Å². The summed E-state index contributed by atoms with van der Waals surface area (Å²) in [7, 11) is -5.87. The predicted molar refractivity (Wildman–Crippen MR) is 122 cm³/mol. The van der Waals surface area contributed by atoms with Crippen molar-refractivity contribution < 1.29 is 40.4 Å². The second-order valence-electron chi connectivity index (χ2n) is 8.19. The molecule has 4 heterocycles. The van der Waals surface area contributed by atoms with Gasteiger partial charge >= 0.3 is 21.6 Å². The summed E-state index contributed by atoms with van der Waals surface area (Å²) >= 11 is 1.26. The van der Waals surface area contributed by atoms with Crippen LogP contribution in [0.2, 0.25) is 0 Å². The number of carbonyl (C=O) groups is 1. The number of aromatic nitrogens is 5. The van der Waals surface area contributed by atoms with Crippen molar-refractivity contribution in [2.24, 2.45) is 0 Å². The van der Waals surface area contributed by atoms with E-state index in [-0.39, 0.29) is 17.1 Å². The van der Waals surface area contributed by atoms with E-state index in [1.807, 2.05) is 4.90 Å². The lowest BCUT2D eigenvalue weighted by Gasteiger charge is -2.42. The third kappa shape index (κ3) is 4.95. The Hall–Kier alpha value is -3.73. The summed E-state index contributed by atoms with van der Waals surface area (Å²) in [5.74, 6) is -1.10. The standard InChI is InChI=1S/C20H17F3N6O6S2/c21-20(22,23)37(32,33)35-14-9-19(34-13-4-2-1-3-12(13)14)5-7-28(8-6-19)18-24-10-15(36-18)17-25-27-29(26-17)11-16(30)31/h1-4,9-10H,5-8,11H2,(H,30,31). The zero-order chi connectivity index (χ0) is 26.4. The van der Waals surface area contributed by atoms with Crippen molar-refractivity contribution in [1.82, 2.24) is 25.2 Å². The fraction of sp³-hybridized carbons (Fsp3) is 0.350. The molecule has 2 aliphatic rings. The molecular weight excluding hydrogens is 541 g/mol. The van der Waals surface area contributed by atoms with Crippen LogP contribution in [0.5, 0.6) is 5.75 Å². The van der Waals surface area contributed by atoms with Crippen LogP contribution in [-0.4, -0.2) is 68.9 Å². The molecule has 1 fully saturated rings. The number of tetrazole rings is 1. The van der Waals surface area contributed by atoms with Crippen LogP contribution in [0.3, 0.4) is 0 Å². The van der Waals surface area contributed by atoms with Gasteiger partial charge in [0.1, 0.15) is 11.4 Å². The molecule has 196 valence electrons. The molecule has 2 aliphatic heterocycles. The normalized spacial score (nSPS) is 17.2. The first-order valence-corrected chi connectivity index (χ1v) is 12.9. The molecule has 0 radical (unpaired) electrons. The summed E-state index contributed by atoms with van der Waals surface area (Å²) in [6.07, 6.45) is 3.45. The Morgan fingerprint density at radius 2 is 1.97 bits per heavy atom. The van der Waals surface area contributed by atoms with E-state index >= 15 is 0 Å². The number of piperidine rings is 1. The van der Waals surface area contributed by atoms with E-state index in [0.29, 0.717) is 35.9 Å². The topological polar surface area (TPSA) is 150 Å². The monoisotopic (exact) mass is 558 g/mol. The largest absolute Gasteiger partial charge is 0.534 e. The van der Waals surface area contributed by atoms with Gasteiger partial charge in [-0.3, -0.25) is 4.79 Å². The van der Waals surface area contributed by atoms with Gasteiger partial charge in [0, 0.05) is 32.0 Å². The Labute approximate surface area is 211 Å². The molecule has 2 aromatic heterocycles. The van der Waals surface area contributed by atoms with Gasteiger partial charge in [0.25, 0.3) is 0 Å². The number of para-hydroxylation sites is 1. The number of rotatable bonds is 6. The first kappa shape index (κ1) is 24.9. The van der Waals surface area contributed by atoms with E-state index in [1.165, 1.54) is 41.8 Å². The molecule has 0 unspecified atom stereocenters. The van der Waals surface area contributed by atoms with Gasteiger partial charge in [0.15, 0.2) is 17.4 Å². The van der Waals surface area contributed by atoms with Crippen LogP contribution in [0.25, 0.3) is 16.5 Å². The van der Waals surface area contributed by atoms with E-state index < -0.39 is 39.5 Å². The average molecular weight is 559 g/mol. The van der Waals surface area contributed by atoms with Crippen molar-refractivity contribution in [1.29, 1.82) is 0 Å². The lowest BCUT2D eigenvalue weighted by molar-refractivity contribution is -0.138. The van der Waals surface area contributed by atoms with E-state index in [4.69, 9.17) is 9.84 Å². The van der Waals surface area contributed by atoms with Crippen LogP contribution in [-0.2, 0) is 25.6 Å². The van der Waals surface area contributed by atoms with Crippen LogP contribution in [0.15, 0.2) is 36.5 Å². The van der Waals surface area contributed by atoms with Crippen molar-refractivity contribution in [3.05, 3.63) is 42.1 Å². The SMILES string of the molecule is O=C(O)Cn1nnc(-c2cnc(N3CCC4(C=C(OS(=O)(=O)C(F)(F)F)c5ccccc5O4)CC3)s2)n1. The molecule has 1 N–H and O–H groups in total. The number of hydrogen-bond acceptors (Lipinski definition) is 11. The zero-order valence-electron chi connectivity index (χ0n) is 18.6. The number of carboxylic acid groups (broad SMARTS) is 1. The minimum absolute atomic E-state index is 0.108. The fourth-order valence-electron chi connectivity index (χ4n) is 3.93. The van der Waals surface area contributed by atoms with Gasteiger partial charge in [0.2, 0.25) is 5.82 Å². The van der Waals surface area contributed by atoms with E-state index in [9.17, 15) is 26.4 Å². The van der Waals surface area contributed by atoms with Crippen molar-refractivity contribution >= 4 is 38.3 Å². The van der Waals surface area contributed by atoms with Crippen molar-refractivity contribution in [3.8, 4) is 16.5 Å². The van der Waals surface area contributed by atoms with Crippen molar-refractivity contribution in [2.45, 2.75) is 30.5 Å². The quantitative estimate of drug-likeness (QED) is 0.351. The van der Waals surface area contributed by atoms with Gasteiger partial charge in [0.05, 0.1) is 16.6 Å². The first-order valence-electron chi connectivity index (χ1n) is 10.7. The number of aliphatic carboxylic acids is 1. The number of halogens is 3. The van der Waals surface area contributed by atoms with Gasteiger partial charge in [-0.1, -0.05) is 23.5 Å². The number of nitrogens with zero attached hydrogens (tertiary/aromatic N) is 6. The summed E-state index contributed by atoms with van der Waals surface area (Å²) in [6.45, 7) is 0.355. The smallest absolute Gasteiger partial charge is 0.482 e. The van der Waals surface area contributed by atoms with E-state index in [2.05, 4.69) is 24.6 Å². The number of benzene rings is 1. The molecule has 37 heavy (non-hydrogen) atoms. The Bertz CT molecular complexity index is 1480. The van der Waals surface area contributed by atoms with Crippen LogP contribution in [0.1, 0.15) is 18.4 Å². The Balaban J connectivity index is 1.34. The molecule has 5 rings (SSSR count). The maximum absolute atomic E-state index is 13.0. The molecule has 12 nitrogen and oxygen atoms in total. The molecule has 0 bridgehead atoms. The van der Waals surface area contributed by atoms with Gasteiger partial charge in [-0.25, -0.2) is 4.98 Å². The Morgan fingerprint density at radius 3 is 2.68 bits per heavy atom. The summed E-state index contributed by atoms with van der Waals surface area (Å²) in [4.78, 5) is 18.6. The lowest BCUT2D eigenvalue weighted by Crippen LogP contribution is -2.48. The third-order valence-corrected chi connectivity index (χ3v) is 7.69. The predicted octanol–water partition coefficient (Wildman–Crippen LogP) is 2.52. The molecular formula is C20H17F3N6O6S2. The van der Waals surface area contributed by atoms with E-state index in [1.54, 1.807) is 6.07 Å². The highest BCUT2D eigenvalue weighted by Crippen LogP contribution is 2.44. The minimum Gasteiger partial charge on any atom is -0.482 e. The second kappa shape index (κ2) is 8.98. The highest BCUT2D eigenvalue weighted by atomic mass is 32.2. The molecule has 3 aromatic rings. The van der Waals surface area contributed by atoms with E-state index in [0.717, 1.165) is 4.80 Å². The summed E-state index contributed by atoms with van der Waals surface area (Å²) < 4.78 is 73.1. The van der Waals surface area contributed by atoms with Gasteiger partial charge in [-0.2, -0.15) is 26.4 Å². The maximum Gasteiger partial charge on any atom is 0.534 e. The minimum atomic E-state index is -5.87. The molecule has 0 amide bonds. The summed E-state index contributed by atoms with van der Waals surface area (Å²) in [5, 5.41) is 21.0. The molecule has 0 aliphatic carbocycles. The van der Waals surface area contributed by atoms with Gasteiger partial charge in [-0.05, 0) is 17.3 Å². The Kier molecular flexibility index (Phi) is 6.06. The molecule has 1 aromatic carbocycles. The number of carboxylic acids is 1. The second-order valence-corrected chi connectivity index (χ2v) is 10.7. The third-order valence-electron chi connectivity index (χ3n) is 5.67. The highest BCUT2D eigenvalue weighted by molar-refractivity contribution is 7.87. The number of ether oxygens (including phenoxy) is 1. The molecule has 17 heteroatoms. The van der Waals surface area contributed by atoms with Crippen LogP contribution >= 0.6 is 11.3 Å². The van der Waals surface area contributed by atoms with Crippen LogP contribution in [0, 0.1) is 0 Å². The first-order chi connectivity index (χ1) is 17.4. The number of fused-ring (bicyclic) bond motifs is 1. The fourth-order valence-corrected chi connectivity index (χ4v) is 5.29. The molecule has 0 saturated carbocycles. The van der Waals surface area contributed by atoms with Crippen molar-refractivity contribution in [3.63, 3.8) is 0 Å². The maximum atomic E-state index is 13.0. The number of anilines is 1. The highest BCUT2D eigenvalue weighted by Gasteiger charge is 2.50. The van der Waals surface area contributed by atoms with Crippen LogP contribution < -0.4 is 9.64 Å². The summed E-state index contributed by atoms with van der Waals surface area (Å²) in [6, 6.07) is 6.13. The molecule has 1 spiro atoms. The van der Waals surface area contributed by atoms with Crippen molar-refractivity contribution in [2.75, 3.05) is 18.0 Å². The van der Waals surface area contributed by atoms with Gasteiger partial charge in [-0.15, -0.1) is 10.2 Å².